The molecule has 19 heavy (non-hydrogen) atoms. The van der Waals surface area contributed by atoms with Crippen molar-refractivity contribution in [1.29, 1.82) is 0 Å². The van der Waals surface area contributed by atoms with Gasteiger partial charge in [0.05, 0.1) is 30.1 Å². The van der Waals surface area contributed by atoms with Crippen LogP contribution in [0.1, 0.15) is 5.56 Å². The van der Waals surface area contributed by atoms with E-state index in [-0.39, 0.29) is 18.4 Å². The second-order valence-electron chi connectivity index (χ2n) is 4.12. The number of aromatic nitrogens is 2. The summed E-state index contributed by atoms with van der Waals surface area (Å²) in [7, 11) is 0. The van der Waals surface area contributed by atoms with Crippen molar-refractivity contribution in [1.82, 2.24) is 9.97 Å². The zero-order chi connectivity index (χ0) is 13.7. The second kappa shape index (κ2) is 6.36. The zero-order valence-corrected chi connectivity index (χ0v) is 10.9. The van der Waals surface area contributed by atoms with Crippen LogP contribution in [0.4, 0.5) is 5.95 Å². The van der Waals surface area contributed by atoms with E-state index in [9.17, 15) is 10.2 Å². The van der Waals surface area contributed by atoms with Gasteiger partial charge in [-0.2, -0.15) is 0 Å². The van der Waals surface area contributed by atoms with Crippen LogP contribution < -0.4 is 5.32 Å². The van der Waals surface area contributed by atoms with Crippen LogP contribution >= 0.6 is 11.6 Å². The Morgan fingerprint density at radius 1 is 1.16 bits per heavy atom. The molecule has 0 saturated heterocycles. The van der Waals surface area contributed by atoms with E-state index in [0.29, 0.717) is 17.4 Å². The van der Waals surface area contributed by atoms with E-state index in [2.05, 4.69) is 15.3 Å². The number of aromatic hydroxyl groups is 1. The standard InChI is InChI=1S/C13H14ClN3O2/c14-10-6-15-13(16-7-10)17-11(8-18)5-9-1-3-12(19)4-2-9/h1-4,6-7,11,18-19H,5,8H2,(H,15,16,17)/t11-/m0/s1. The number of nitrogens with one attached hydrogen (secondary N) is 1. The van der Waals surface area contributed by atoms with Gasteiger partial charge in [0.1, 0.15) is 5.75 Å². The summed E-state index contributed by atoms with van der Waals surface area (Å²) in [4.78, 5) is 8.03. The van der Waals surface area contributed by atoms with Crippen molar-refractivity contribution in [2.45, 2.75) is 12.5 Å². The monoisotopic (exact) mass is 279 g/mol. The predicted octanol–water partition coefficient (Wildman–Crippen LogP) is 1.85. The van der Waals surface area contributed by atoms with Gasteiger partial charge < -0.3 is 15.5 Å². The third kappa shape index (κ3) is 4.08. The average molecular weight is 280 g/mol. The molecule has 0 saturated carbocycles. The molecule has 1 atom stereocenters. The number of halogens is 1. The minimum absolute atomic E-state index is 0.0487. The smallest absolute Gasteiger partial charge is 0.222 e. The Hall–Kier alpha value is -1.85. The number of aliphatic hydroxyl groups is 1. The van der Waals surface area contributed by atoms with Crippen LogP contribution in [0.15, 0.2) is 36.7 Å². The van der Waals surface area contributed by atoms with Gasteiger partial charge in [-0.1, -0.05) is 23.7 Å². The molecule has 1 heterocycles. The summed E-state index contributed by atoms with van der Waals surface area (Å²) in [6, 6.07) is 6.64. The SMILES string of the molecule is OC[C@H](Cc1ccc(O)cc1)Nc1ncc(Cl)cn1. The van der Waals surface area contributed by atoms with Crippen molar-refractivity contribution >= 4 is 17.5 Å². The molecule has 0 aliphatic rings. The zero-order valence-electron chi connectivity index (χ0n) is 10.1. The maximum absolute atomic E-state index is 9.36. The Bertz CT molecular complexity index is 469. The highest BCUT2D eigenvalue weighted by atomic mass is 35.5. The first-order valence-corrected chi connectivity index (χ1v) is 6.18. The second-order valence-corrected chi connectivity index (χ2v) is 4.56. The summed E-state index contributed by atoms with van der Waals surface area (Å²) in [5, 5.41) is 22.1. The first-order valence-electron chi connectivity index (χ1n) is 5.80. The summed E-state index contributed by atoms with van der Waals surface area (Å²) in [5.74, 6) is 0.639. The Labute approximate surface area is 115 Å². The number of aliphatic hydroxyl groups excluding tert-OH is 1. The highest BCUT2D eigenvalue weighted by Gasteiger charge is 2.10. The van der Waals surface area contributed by atoms with Gasteiger partial charge in [0.15, 0.2) is 0 Å². The number of phenolic OH excluding ortho intramolecular Hbond substituents is 1. The van der Waals surface area contributed by atoms with Crippen molar-refractivity contribution in [3.8, 4) is 5.75 Å². The molecule has 0 radical (unpaired) electrons. The van der Waals surface area contributed by atoms with E-state index in [4.69, 9.17) is 11.6 Å². The van der Waals surface area contributed by atoms with E-state index < -0.39 is 0 Å². The van der Waals surface area contributed by atoms with E-state index in [1.165, 1.54) is 12.4 Å². The van der Waals surface area contributed by atoms with Crippen molar-refractivity contribution in [3.05, 3.63) is 47.2 Å². The molecule has 2 rings (SSSR count). The molecule has 0 fully saturated rings. The first-order chi connectivity index (χ1) is 9.17. The van der Waals surface area contributed by atoms with Gasteiger partial charge in [0, 0.05) is 0 Å². The minimum atomic E-state index is -0.203. The molecule has 0 bridgehead atoms. The number of nitrogens with zero attached hydrogens (tertiary/aromatic N) is 2. The summed E-state index contributed by atoms with van der Waals surface area (Å²) >= 11 is 5.70. The molecule has 5 nitrogen and oxygen atoms in total. The van der Waals surface area contributed by atoms with E-state index in [1.54, 1.807) is 12.1 Å². The molecule has 3 N–H and O–H groups in total. The van der Waals surface area contributed by atoms with Crippen LogP contribution in [0.3, 0.4) is 0 Å². The fourth-order valence-corrected chi connectivity index (χ4v) is 1.74. The number of hydrogen-bond donors (Lipinski definition) is 3. The average Bonchev–Trinajstić information content (AvgIpc) is 2.43. The van der Waals surface area contributed by atoms with E-state index in [0.717, 1.165) is 5.56 Å². The van der Waals surface area contributed by atoms with Crippen molar-refractivity contribution in [3.63, 3.8) is 0 Å². The lowest BCUT2D eigenvalue weighted by molar-refractivity contribution is 0.273. The third-order valence-electron chi connectivity index (χ3n) is 2.59. The highest BCUT2D eigenvalue weighted by molar-refractivity contribution is 6.30. The molecule has 1 aromatic heterocycles. The maximum Gasteiger partial charge on any atom is 0.222 e. The fraction of sp³-hybridized carbons (Fsp3) is 0.231. The number of anilines is 1. The van der Waals surface area contributed by atoms with Gasteiger partial charge in [-0.15, -0.1) is 0 Å². The lowest BCUT2D eigenvalue weighted by Gasteiger charge is -2.16. The first kappa shape index (κ1) is 13.6. The molecular weight excluding hydrogens is 266 g/mol. The molecule has 0 spiro atoms. The molecule has 0 unspecified atom stereocenters. The quantitative estimate of drug-likeness (QED) is 0.778. The Balaban J connectivity index is 2.00. The Morgan fingerprint density at radius 3 is 2.37 bits per heavy atom. The van der Waals surface area contributed by atoms with Gasteiger partial charge in [0.2, 0.25) is 5.95 Å². The molecule has 2 aromatic rings. The van der Waals surface area contributed by atoms with Crippen LogP contribution in [-0.2, 0) is 6.42 Å². The number of hydrogen-bond acceptors (Lipinski definition) is 5. The summed E-state index contributed by atoms with van der Waals surface area (Å²) in [6.07, 6.45) is 3.58. The topological polar surface area (TPSA) is 78.3 Å². The highest BCUT2D eigenvalue weighted by Crippen LogP contribution is 2.13. The molecular formula is C13H14ClN3O2. The normalized spacial score (nSPS) is 12.1. The van der Waals surface area contributed by atoms with Crippen LogP contribution in [0.25, 0.3) is 0 Å². The fourth-order valence-electron chi connectivity index (χ4n) is 1.65. The summed E-state index contributed by atoms with van der Waals surface area (Å²) in [5.41, 5.74) is 0.998. The van der Waals surface area contributed by atoms with Gasteiger partial charge in [-0.25, -0.2) is 9.97 Å². The van der Waals surface area contributed by atoms with Crippen LogP contribution in [0.2, 0.25) is 5.02 Å². The lowest BCUT2D eigenvalue weighted by Crippen LogP contribution is -2.27. The summed E-state index contributed by atoms with van der Waals surface area (Å²) < 4.78 is 0. The van der Waals surface area contributed by atoms with Gasteiger partial charge in [-0.05, 0) is 24.1 Å². The van der Waals surface area contributed by atoms with Crippen molar-refractivity contribution in [2.24, 2.45) is 0 Å². The van der Waals surface area contributed by atoms with Crippen LogP contribution in [-0.4, -0.2) is 32.8 Å². The lowest BCUT2D eigenvalue weighted by atomic mass is 10.1. The molecule has 6 heteroatoms. The van der Waals surface area contributed by atoms with E-state index >= 15 is 0 Å². The predicted molar refractivity (Wildman–Crippen MR) is 73.3 cm³/mol. The van der Waals surface area contributed by atoms with E-state index in [1.807, 2.05) is 12.1 Å². The summed E-state index contributed by atoms with van der Waals surface area (Å²) in [6.45, 7) is -0.0487. The molecule has 0 amide bonds. The molecule has 1 aromatic carbocycles. The number of phenols is 1. The Morgan fingerprint density at radius 2 is 1.79 bits per heavy atom. The van der Waals surface area contributed by atoms with Gasteiger partial charge in [-0.3, -0.25) is 0 Å². The Kier molecular flexibility index (Phi) is 4.54. The van der Waals surface area contributed by atoms with Gasteiger partial charge >= 0.3 is 0 Å². The van der Waals surface area contributed by atoms with Gasteiger partial charge in [0.25, 0.3) is 0 Å². The molecule has 100 valence electrons. The number of rotatable bonds is 5. The molecule has 0 aliphatic heterocycles. The van der Waals surface area contributed by atoms with Crippen molar-refractivity contribution < 1.29 is 10.2 Å². The maximum atomic E-state index is 9.36. The largest absolute Gasteiger partial charge is 0.508 e. The molecule has 0 aliphatic carbocycles. The number of benzene rings is 1. The third-order valence-corrected chi connectivity index (χ3v) is 2.79. The minimum Gasteiger partial charge on any atom is -0.508 e. The van der Waals surface area contributed by atoms with Crippen LogP contribution in [0, 0.1) is 0 Å². The van der Waals surface area contributed by atoms with Crippen molar-refractivity contribution in [2.75, 3.05) is 11.9 Å². The van der Waals surface area contributed by atoms with Crippen LogP contribution in [0.5, 0.6) is 5.75 Å².